The van der Waals surface area contributed by atoms with Crippen molar-refractivity contribution in [3.05, 3.63) is 42.5 Å². The monoisotopic (exact) mass is 295 g/mol. The molecule has 0 amide bonds. The van der Waals surface area contributed by atoms with Crippen molar-refractivity contribution in [2.24, 2.45) is 5.41 Å². The van der Waals surface area contributed by atoms with Crippen LogP contribution >= 0.6 is 0 Å². The molecule has 1 aromatic rings. The summed E-state index contributed by atoms with van der Waals surface area (Å²) in [6.07, 6.45) is 3.36. The van der Waals surface area contributed by atoms with Crippen molar-refractivity contribution in [1.82, 2.24) is 4.72 Å². The van der Waals surface area contributed by atoms with Gasteiger partial charge in [-0.05, 0) is 37.3 Å². The number of hydrogen-bond acceptors (Lipinski definition) is 2. The van der Waals surface area contributed by atoms with Crippen molar-refractivity contribution in [1.29, 1.82) is 0 Å². The minimum Gasteiger partial charge on any atom is -0.208 e. The summed E-state index contributed by atoms with van der Waals surface area (Å²) in [5.41, 5.74) is 0.906. The average molecular weight is 295 g/mol. The molecular weight excluding hydrogens is 270 g/mol. The Bertz CT molecular complexity index is 539. The van der Waals surface area contributed by atoms with Crippen LogP contribution in [0.1, 0.15) is 39.2 Å². The van der Waals surface area contributed by atoms with Gasteiger partial charge in [0.25, 0.3) is 0 Å². The number of nitrogens with one attached hydrogen (secondary N) is 1. The SMILES string of the molecule is C=CCCC(NS(=O)(=O)c1ccc(C)cc1)C(C)(C)C. The highest BCUT2D eigenvalue weighted by atomic mass is 32.2. The van der Waals surface area contributed by atoms with Crippen LogP contribution in [0.5, 0.6) is 0 Å². The topological polar surface area (TPSA) is 46.2 Å². The van der Waals surface area contributed by atoms with E-state index in [9.17, 15) is 8.42 Å². The van der Waals surface area contributed by atoms with Gasteiger partial charge in [-0.3, -0.25) is 0 Å². The van der Waals surface area contributed by atoms with Gasteiger partial charge in [0.05, 0.1) is 4.90 Å². The van der Waals surface area contributed by atoms with E-state index in [1.54, 1.807) is 12.1 Å². The van der Waals surface area contributed by atoms with E-state index < -0.39 is 10.0 Å². The summed E-state index contributed by atoms with van der Waals surface area (Å²) < 4.78 is 27.7. The van der Waals surface area contributed by atoms with Gasteiger partial charge in [-0.2, -0.15) is 0 Å². The molecule has 0 aliphatic heterocycles. The highest BCUT2D eigenvalue weighted by Crippen LogP contribution is 2.25. The average Bonchev–Trinajstić information content (AvgIpc) is 2.33. The molecule has 1 unspecified atom stereocenters. The van der Waals surface area contributed by atoms with Crippen molar-refractivity contribution < 1.29 is 8.42 Å². The van der Waals surface area contributed by atoms with Crippen molar-refractivity contribution in [2.45, 2.75) is 51.5 Å². The molecule has 0 fully saturated rings. The molecule has 1 aromatic carbocycles. The van der Waals surface area contributed by atoms with E-state index in [1.807, 2.05) is 45.9 Å². The molecule has 0 heterocycles. The Hall–Kier alpha value is -1.13. The summed E-state index contributed by atoms with van der Waals surface area (Å²) in [6.45, 7) is 11.8. The maximum atomic E-state index is 12.4. The predicted octanol–water partition coefficient (Wildman–Crippen LogP) is 3.65. The van der Waals surface area contributed by atoms with Crippen LogP contribution in [0.15, 0.2) is 41.8 Å². The van der Waals surface area contributed by atoms with Crippen molar-refractivity contribution in [3.8, 4) is 0 Å². The smallest absolute Gasteiger partial charge is 0.208 e. The van der Waals surface area contributed by atoms with Crippen LogP contribution in [0.4, 0.5) is 0 Å². The molecule has 0 spiro atoms. The molecule has 0 aliphatic carbocycles. The van der Waals surface area contributed by atoms with Crippen molar-refractivity contribution >= 4 is 10.0 Å². The van der Waals surface area contributed by atoms with Gasteiger partial charge in [-0.1, -0.05) is 44.5 Å². The molecule has 1 N–H and O–H groups in total. The second-order valence-electron chi connectivity index (χ2n) is 6.22. The van der Waals surface area contributed by atoms with Crippen LogP contribution in [0, 0.1) is 12.3 Å². The number of hydrogen-bond donors (Lipinski definition) is 1. The molecule has 0 saturated carbocycles. The first-order valence-corrected chi connectivity index (χ1v) is 8.35. The summed E-state index contributed by atoms with van der Waals surface area (Å²) in [4.78, 5) is 0.316. The lowest BCUT2D eigenvalue weighted by Crippen LogP contribution is -2.43. The van der Waals surface area contributed by atoms with Gasteiger partial charge < -0.3 is 0 Å². The quantitative estimate of drug-likeness (QED) is 0.814. The van der Waals surface area contributed by atoms with Gasteiger partial charge in [-0.15, -0.1) is 6.58 Å². The van der Waals surface area contributed by atoms with E-state index in [-0.39, 0.29) is 11.5 Å². The lowest BCUT2D eigenvalue weighted by Gasteiger charge is -2.31. The van der Waals surface area contributed by atoms with Crippen LogP contribution < -0.4 is 4.72 Å². The fourth-order valence-electron chi connectivity index (χ4n) is 1.93. The Labute approximate surface area is 123 Å². The van der Waals surface area contributed by atoms with Crippen molar-refractivity contribution in [3.63, 3.8) is 0 Å². The fourth-order valence-corrected chi connectivity index (χ4v) is 3.40. The summed E-state index contributed by atoms with van der Waals surface area (Å²) in [5, 5.41) is 0. The molecule has 1 atom stereocenters. The van der Waals surface area contributed by atoms with Crippen LogP contribution in [-0.4, -0.2) is 14.5 Å². The first kappa shape index (κ1) is 16.9. The van der Waals surface area contributed by atoms with E-state index in [2.05, 4.69) is 11.3 Å². The van der Waals surface area contributed by atoms with Gasteiger partial charge in [0.1, 0.15) is 0 Å². The van der Waals surface area contributed by atoms with E-state index >= 15 is 0 Å². The molecule has 4 heteroatoms. The van der Waals surface area contributed by atoms with Crippen LogP contribution in [0.25, 0.3) is 0 Å². The third-order valence-corrected chi connectivity index (χ3v) is 4.82. The summed E-state index contributed by atoms with van der Waals surface area (Å²) in [7, 11) is -3.47. The van der Waals surface area contributed by atoms with Crippen LogP contribution in [0.2, 0.25) is 0 Å². The summed E-state index contributed by atoms with van der Waals surface area (Å²) >= 11 is 0. The molecule has 0 aliphatic rings. The van der Waals surface area contributed by atoms with Gasteiger partial charge in [0.15, 0.2) is 0 Å². The summed E-state index contributed by atoms with van der Waals surface area (Å²) in [6, 6.07) is 6.79. The van der Waals surface area contributed by atoms with Crippen LogP contribution in [-0.2, 0) is 10.0 Å². The molecule has 0 aromatic heterocycles. The number of sulfonamides is 1. The zero-order valence-corrected chi connectivity index (χ0v) is 13.6. The highest BCUT2D eigenvalue weighted by Gasteiger charge is 2.28. The maximum Gasteiger partial charge on any atom is 0.240 e. The molecule has 20 heavy (non-hydrogen) atoms. The fraction of sp³-hybridized carbons (Fsp3) is 0.500. The van der Waals surface area contributed by atoms with Gasteiger partial charge in [-0.25, -0.2) is 13.1 Å². The van der Waals surface area contributed by atoms with Gasteiger partial charge >= 0.3 is 0 Å². The molecule has 0 saturated heterocycles. The number of rotatable bonds is 6. The Morgan fingerprint density at radius 2 is 1.80 bits per heavy atom. The van der Waals surface area contributed by atoms with E-state index in [4.69, 9.17) is 0 Å². The van der Waals surface area contributed by atoms with Gasteiger partial charge in [0.2, 0.25) is 10.0 Å². The number of allylic oxidation sites excluding steroid dienone is 1. The van der Waals surface area contributed by atoms with Crippen molar-refractivity contribution in [2.75, 3.05) is 0 Å². The molecule has 112 valence electrons. The Morgan fingerprint density at radius 1 is 1.25 bits per heavy atom. The number of benzene rings is 1. The largest absolute Gasteiger partial charge is 0.240 e. The minimum absolute atomic E-state index is 0.119. The zero-order valence-electron chi connectivity index (χ0n) is 12.8. The second-order valence-corrected chi connectivity index (χ2v) is 7.93. The number of aryl methyl sites for hydroxylation is 1. The molecule has 1 rings (SSSR count). The standard InChI is InChI=1S/C16H25NO2S/c1-6-7-8-15(16(3,4)5)17-20(18,19)14-11-9-13(2)10-12-14/h6,9-12,15,17H,1,7-8H2,2-5H3. The lowest BCUT2D eigenvalue weighted by molar-refractivity contribution is 0.286. The Kier molecular flexibility index (Phi) is 5.54. The zero-order chi connectivity index (χ0) is 15.4. The minimum atomic E-state index is -3.47. The third kappa shape index (κ3) is 4.76. The van der Waals surface area contributed by atoms with E-state index in [1.165, 1.54) is 0 Å². The molecule has 0 bridgehead atoms. The lowest BCUT2D eigenvalue weighted by atomic mass is 9.85. The molecular formula is C16H25NO2S. The first-order valence-electron chi connectivity index (χ1n) is 6.87. The second kappa shape index (κ2) is 6.55. The normalized spacial score (nSPS) is 14.0. The van der Waals surface area contributed by atoms with E-state index in [0.717, 1.165) is 18.4 Å². The Balaban J connectivity index is 2.96. The molecule has 3 nitrogen and oxygen atoms in total. The van der Waals surface area contributed by atoms with Crippen LogP contribution in [0.3, 0.4) is 0 Å². The highest BCUT2D eigenvalue weighted by molar-refractivity contribution is 7.89. The van der Waals surface area contributed by atoms with Gasteiger partial charge in [0, 0.05) is 6.04 Å². The predicted molar refractivity (Wildman–Crippen MR) is 84.2 cm³/mol. The Morgan fingerprint density at radius 3 is 2.25 bits per heavy atom. The molecule has 0 radical (unpaired) electrons. The maximum absolute atomic E-state index is 12.4. The van der Waals surface area contributed by atoms with E-state index in [0.29, 0.717) is 4.90 Å². The third-order valence-electron chi connectivity index (χ3n) is 3.33. The summed E-state index contributed by atoms with van der Waals surface area (Å²) in [5.74, 6) is 0. The first-order chi connectivity index (χ1) is 9.16.